The molecule has 0 aliphatic rings. The third-order valence-corrected chi connectivity index (χ3v) is 5.48. The van der Waals surface area contributed by atoms with Crippen molar-refractivity contribution in [2.75, 3.05) is 14.2 Å². The van der Waals surface area contributed by atoms with E-state index in [1.807, 2.05) is 54.6 Å². The normalized spacial score (nSPS) is 11.0. The molecular weight excluding hydrogens is 430 g/mol. The van der Waals surface area contributed by atoms with E-state index in [9.17, 15) is 9.59 Å². The summed E-state index contributed by atoms with van der Waals surface area (Å²) in [6, 6.07) is 22.8. The quantitative estimate of drug-likeness (QED) is 0.212. The molecule has 1 aromatic heterocycles. The Morgan fingerprint density at radius 1 is 0.912 bits per heavy atom. The van der Waals surface area contributed by atoms with Crippen LogP contribution in [0.4, 0.5) is 0 Å². The smallest absolute Gasteiger partial charge is 0.240 e. The maximum atomic E-state index is 12.5. The van der Waals surface area contributed by atoms with Crippen LogP contribution in [0, 0.1) is 0 Å². The Balaban J connectivity index is 1.42. The van der Waals surface area contributed by atoms with E-state index in [1.54, 1.807) is 24.4 Å². The number of methoxy groups -OCH3 is 2. The second kappa shape index (κ2) is 10.5. The van der Waals surface area contributed by atoms with E-state index in [2.05, 4.69) is 15.5 Å². The lowest BCUT2D eigenvalue weighted by Gasteiger charge is -2.09. The predicted octanol–water partition coefficient (Wildman–Crippen LogP) is 4.97. The first-order valence-electron chi connectivity index (χ1n) is 10.8. The molecule has 3 aromatic carbocycles. The summed E-state index contributed by atoms with van der Waals surface area (Å²) >= 11 is 0. The number of benzene rings is 3. The number of para-hydroxylation sites is 1. The summed E-state index contributed by atoms with van der Waals surface area (Å²) in [7, 11) is 3.04. The number of H-pyrrole nitrogens is 1. The average molecular weight is 456 g/mol. The molecule has 0 aliphatic heterocycles. The Morgan fingerprint density at radius 3 is 2.41 bits per heavy atom. The molecule has 0 bridgehead atoms. The zero-order valence-electron chi connectivity index (χ0n) is 19.0. The highest BCUT2D eigenvalue weighted by Gasteiger charge is 2.14. The van der Waals surface area contributed by atoms with Crippen molar-refractivity contribution < 1.29 is 19.1 Å². The van der Waals surface area contributed by atoms with Crippen molar-refractivity contribution >= 4 is 28.8 Å². The molecule has 7 heteroatoms. The number of rotatable bonds is 9. The second-order valence-corrected chi connectivity index (χ2v) is 7.61. The number of hydrogen-bond acceptors (Lipinski definition) is 5. The van der Waals surface area contributed by atoms with Crippen LogP contribution >= 0.6 is 0 Å². The number of ketones is 1. The van der Waals surface area contributed by atoms with Crippen LogP contribution in [0.1, 0.15) is 28.8 Å². The number of ether oxygens (including phenoxy) is 2. The standard InChI is InChI=1S/C27H25N3O4/c1-33-24-14-12-19(16-25(24)34-2)23(31)13-15-26(32)30-28-17-21-20-10-6-7-11-22(20)29-27(21)18-8-4-3-5-9-18/h3-12,14,16-17,29H,13,15H2,1-2H3,(H,30,32)/b28-17+. The Morgan fingerprint density at radius 2 is 1.65 bits per heavy atom. The van der Waals surface area contributed by atoms with Gasteiger partial charge in [0.2, 0.25) is 5.91 Å². The first-order valence-corrected chi connectivity index (χ1v) is 10.8. The molecule has 0 saturated heterocycles. The number of Topliss-reactive ketones (excluding diaryl/α,β-unsaturated/α-hetero) is 1. The number of carbonyl (C=O) groups is 2. The van der Waals surface area contributed by atoms with Crippen LogP contribution in [0.2, 0.25) is 0 Å². The fraction of sp³-hybridized carbons (Fsp3) is 0.148. The first-order chi connectivity index (χ1) is 16.6. The summed E-state index contributed by atoms with van der Waals surface area (Å²) in [5.74, 6) is 0.503. The molecule has 0 aliphatic carbocycles. The lowest BCUT2D eigenvalue weighted by Crippen LogP contribution is -2.18. The SMILES string of the molecule is COc1ccc(C(=O)CCC(=O)N/N=C/c2c(-c3ccccc3)[nH]c3ccccc23)cc1OC. The van der Waals surface area contributed by atoms with Crippen LogP contribution in [0.5, 0.6) is 11.5 Å². The molecule has 1 heterocycles. The Hall–Kier alpha value is -4.39. The largest absolute Gasteiger partial charge is 0.493 e. The van der Waals surface area contributed by atoms with Gasteiger partial charge in [0.1, 0.15) is 0 Å². The van der Waals surface area contributed by atoms with Crippen LogP contribution in [0.25, 0.3) is 22.2 Å². The van der Waals surface area contributed by atoms with E-state index in [0.717, 1.165) is 27.7 Å². The predicted molar refractivity (Wildman–Crippen MR) is 133 cm³/mol. The third-order valence-electron chi connectivity index (χ3n) is 5.48. The number of hydrazone groups is 1. The lowest BCUT2D eigenvalue weighted by atomic mass is 10.1. The van der Waals surface area contributed by atoms with E-state index in [0.29, 0.717) is 17.1 Å². The van der Waals surface area contributed by atoms with Gasteiger partial charge >= 0.3 is 0 Å². The number of nitrogens with zero attached hydrogens (tertiary/aromatic N) is 1. The summed E-state index contributed by atoms with van der Waals surface area (Å²) in [5.41, 5.74) is 6.79. The van der Waals surface area contributed by atoms with Crippen LogP contribution in [0.15, 0.2) is 77.9 Å². The van der Waals surface area contributed by atoms with Gasteiger partial charge in [-0.3, -0.25) is 9.59 Å². The van der Waals surface area contributed by atoms with Gasteiger partial charge in [-0.2, -0.15) is 5.10 Å². The van der Waals surface area contributed by atoms with Crippen LogP contribution in [-0.2, 0) is 4.79 Å². The van der Waals surface area contributed by atoms with E-state index < -0.39 is 0 Å². The maximum Gasteiger partial charge on any atom is 0.240 e. The first kappa shape index (κ1) is 22.8. The molecule has 0 fully saturated rings. The van der Waals surface area contributed by atoms with Gasteiger partial charge in [-0.1, -0.05) is 48.5 Å². The third kappa shape index (κ3) is 4.99. The van der Waals surface area contributed by atoms with Gasteiger partial charge in [0, 0.05) is 34.9 Å². The van der Waals surface area contributed by atoms with E-state index in [4.69, 9.17) is 9.47 Å². The highest BCUT2D eigenvalue weighted by atomic mass is 16.5. The summed E-state index contributed by atoms with van der Waals surface area (Å²) < 4.78 is 10.4. The Kier molecular flexibility index (Phi) is 7.03. The molecule has 0 saturated carbocycles. The number of aromatic amines is 1. The molecule has 4 aromatic rings. The van der Waals surface area contributed by atoms with E-state index >= 15 is 0 Å². The van der Waals surface area contributed by atoms with Crippen molar-refractivity contribution in [1.29, 1.82) is 0 Å². The zero-order chi connectivity index (χ0) is 23.9. The van der Waals surface area contributed by atoms with Gasteiger partial charge in [-0.15, -0.1) is 0 Å². The maximum absolute atomic E-state index is 12.5. The average Bonchev–Trinajstić information content (AvgIpc) is 3.26. The van der Waals surface area contributed by atoms with Crippen molar-refractivity contribution in [3.05, 3.63) is 83.9 Å². The molecular formula is C27H25N3O4. The van der Waals surface area contributed by atoms with E-state index in [1.165, 1.54) is 14.2 Å². The minimum Gasteiger partial charge on any atom is -0.493 e. The Labute approximate surface area is 197 Å². The fourth-order valence-electron chi connectivity index (χ4n) is 3.74. The summed E-state index contributed by atoms with van der Waals surface area (Å²) in [4.78, 5) is 28.3. The van der Waals surface area contributed by atoms with Gasteiger partial charge in [-0.25, -0.2) is 5.43 Å². The number of fused-ring (bicyclic) bond motifs is 1. The minimum absolute atomic E-state index is 0.0178. The highest BCUT2D eigenvalue weighted by molar-refractivity contribution is 6.06. The van der Waals surface area contributed by atoms with Crippen LogP contribution in [0.3, 0.4) is 0 Å². The minimum atomic E-state index is -0.342. The molecule has 2 N–H and O–H groups in total. The Bertz CT molecular complexity index is 1340. The fourth-order valence-corrected chi connectivity index (χ4v) is 3.74. The van der Waals surface area contributed by atoms with Gasteiger partial charge in [0.15, 0.2) is 17.3 Å². The molecule has 4 rings (SSSR count). The van der Waals surface area contributed by atoms with Crippen LogP contribution in [-0.4, -0.2) is 37.1 Å². The number of carbonyl (C=O) groups excluding carboxylic acids is 2. The number of nitrogens with one attached hydrogen (secondary N) is 2. The summed E-state index contributed by atoms with van der Waals surface area (Å²) in [6.07, 6.45) is 1.71. The molecule has 7 nitrogen and oxygen atoms in total. The second-order valence-electron chi connectivity index (χ2n) is 7.61. The monoisotopic (exact) mass is 455 g/mol. The van der Waals surface area contributed by atoms with Crippen molar-refractivity contribution in [2.45, 2.75) is 12.8 Å². The topological polar surface area (TPSA) is 92.8 Å². The highest BCUT2D eigenvalue weighted by Crippen LogP contribution is 2.29. The van der Waals surface area contributed by atoms with Gasteiger partial charge in [0.25, 0.3) is 0 Å². The molecule has 172 valence electrons. The van der Waals surface area contributed by atoms with Gasteiger partial charge in [-0.05, 0) is 29.8 Å². The lowest BCUT2D eigenvalue weighted by molar-refractivity contribution is -0.121. The molecule has 0 spiro atoms. The number of amides is 1. The molecule has 0 unspecified atom stereocenters. The van der Waals surface area contributed by atoms with Crippen molar-refractivity contribution in [2.24, 2.45) is 5.10 Å². The zero-order valence-corrected chi connectivity index (χ0v) is 19.0. The number of hydrogen-bond donors (Lipinski definition) is 2. The summed E-state index contributed by atoms with van der Waals surface area (Å²) in [5, 5.41) is 5.16. The number of aromatic nitrogens is 1. The van der Waals surface area contributed by atoms with Crippen molar-refractivity contribution in [1.82, 2.24) is 10.4 Å². The van der Waals surface area contributed by atoms with Crippen molar-refractivity contribution in [3.63, 3.8) is 0 Å². The van der Waals surface area contributed by atoms with Crippen LogP contribution < -0.4 is 14.9 Å². The van der Waals surface area contributed by atoms with Crippen molar-refractivity contribution in [3.8, 4) is 22.8 Å². The van der Waals surface area contributed by atoms with Gasteiger partial charge in [0.05, 0.1) is 26.1 Å². The summed E-state index contributed by atoms with van der Waals surface area (Å²) in [6.45, 7) is 0. The molecule has 0 radical (unpaired) electrons. The van der Waals surface area contributed by atoms with E-state index in [-0.39, 0.29) is 24.5 Å². The molecule has 34 heavy (non-hydrogen) atoms. The molecule has 0 atom stereocenters. The molecule has 1 amide bonds. The van der Waals surface area contributed by atoms with Gasteiger partial charge < -0.3 is 14.5 Å².